The van der Waals surface area contributed by atoms with E-state index >= 15 is 0 Å². The summed E-state index contributed by atoms with van der Waals surface area (Å²) < 4.78 is 12.5. The molecule has 10 heteroatoms. The van der Waals surface area contributed by atoms with Crippen LogP contribution in [0.25, 0.3) is 0 Å². The lowest BCUT2D eigenvalue weighted by molar-refractivity contribution is -0.402. The fraction of sp³-hybridized carbons (Fsp3) is 0.100. The molecule has 0 bridgehead atoms. The second-order valence-electron chi connectivity index (χ2n) is 6.18. The number of nitrogens with zero attached hydrogens (tertiary/aromatic N) is 2. The van der Waals surface area contributed by atoms with Crippen molar-refractivity contribution in [2.24, 2.45) is 5.10 Å². The Bertz CT molecular complexity index is 1090. The van der Waals surface area contributed by atoms with Crippen LogP contribution in [-0.2, 0) is 6.61 Å². The molecule has 0 saturated heterocycles. The van der Waals surface area contributed by atoms with Crippen LogP contribution >= 0.6 is 31.9 Å². The maximum atomic E-state index is 12.2. The predicted molar refractivity (Wildman–Crippen MR) is 118 cm³/mol. The van der Waals surface area contributed by atoms with Crippen molar-refractivity contribution in [2.75, 3.05) is 0 Å². The molecule has 0 aliphatic carbocycles. The number of halogens is 2. The molecule has 0 aliphatic rings. The van der Waals surface area contributed by atoms with Crippen molar-refractivity contribution < 1.29 is 18.9 Å². The van der Waals surface area contributed by atoms with Crippen molar-refractivity contribution >= 4 is 49.9 Å². The third-order valence-corrected chi connectivity index (χ3v) is 5.07. The summed E-state index contributed by atoms with van der Waals surface area (Å²) in [6, 6.07) is 13.4. The number of hydrogen-bond acceptors (Lipinski definition) is 6. The molecule has 0 aliphatic heterocycles. The van der Waals surface area contributed by atoms with Gasteiger partial charge in [0, 0.05) is 5.56 Å². The number of amides is 1. The highest BCUT2D eigenvalue weighted by molar-refractivity contribution is 9.11. The van der Waals surface area contributed by atoms with Crippen LogP contribution in [0.1, 0.15) is 27.2 Å². The van der Waals surface area contributed by atoms with Gasteiger partial charge in [-0.25, -0.2) is 5.43 Å². The zero-order chi connectivity index (χ0) is 21.7. The van der Waals surface area contributed by atoms with Crippen molar-refractivity contribution in [3.63, 3.8) is 0 Å². The van der Waals surface area contributed by atoms with Gasteiger partial charge >= 0.3 is 5.88 Å². The van der Waals surface area contributed by atoms with E-state index < -0.39 is 16.7 Å². The van der Waals surface area contributed by atoms with Crippen LogP contribution in [-0.4, -0.2) is 17.0 Å². The zero-order valence-electron chi connectivity index (χ0n) is 15.6. The van der Waals surface area contributed by atoms with E-state index in [0.29, 0.717) is 17.9 Å². The topological polar surface area (TPSA) is 107 Å². The van der Waals surface area contributed by atoms with Gasteiger partial charge in [0.1, 0.15) is 17.3 Å². The first kappa shape index (κ1) is 21.7. The first-order valence-electron chi connectivity index (χ1n) is 8.58. The van der Waals surface area contributed by atoms with Gasteiger partial charge in [0.05, 0.1) is 21.2 Å². The van der Waals surface area contributed by atoms with E-state index in [1.54, 1.807) is 24.3 Å². The average molecular weight is 537 g/mol. The van der Waals surface area contributed by atoms with Crippen LogP contribution in [0.15, 0.2) is 67.0 Å². The van der Waals surface area contributed by atoms with E-state index in [1.165, 1.54) is 18.3 Å². The van der Waals surface area contributed by atoms with Crippen LogP contribution in [0, 0.1) is 17.0 Å². The predicted octanol–water partition coefficient (Wildman–Crippen LogP) is 5.36. The normalized spacial score (nSPS) is 10.9. The molecule has 154 valence electrons. The van der Waals surface area contributed by atoms with Gasteiger partial charge in [-0.1, -0.05) is 12.1 Å². The highest BCUT2D eigenvalue weighted by Crippen LogP contribution is 2.35. The fourth-order valence-electron chi connectivity index (χ4n) is 2.46. The number of ether oxygens (including phenoxy) is 1. The molecule has 3 aromatic rings. The fourth-order valence-corrected chi connectivity index (χ4v) is 4.11. The molecule has 3 rings (SSSR count). The Labute approximate surface area is 188 Å². The van der Waals surface area contributed by atoms with Crippen LogP contribution in [0.5, 0.6) is 5.75 Å². The molecule has 0 radical (unpaired) electrons. The average Bonchev–Trinajstić information content (AvgIpc) is 3.17. The van der Waals surface area contributed by atoms with Gasteiger partial charge in [-0.05, 0) is 80.2 Å². The smallest absolute Gasteiger partial charge is 0.433 e. The highest BCUT2D eigenvalue weighted by Gasteiger charge is 2.11. The van der Waals surface area contributed by atoms with E-state index in [9.17, 15) is 14.9 Å². The summed E-state index contributed by atoms with van der Waals surface area (Å²) in [5.74, 6) is 0.0342. The maximum absolute atomic E-state index is 12.2. The summed E-state index contributed by atoms with van der Waals surface area (Å²) in [7, 11) is 0. The number of rotatable bonds is 7. The third-order valence-electron chi connectivity index (χ3n) is 3.89. The number of nitro groups is 1. The minimum Gasteiger partial charge on any atom is -0.487 e. The summed E-state index contributed by atoms with van der Waals surface area (Å²) in [6.45, 7) is 2.32. The largest absolute Gasteiger partial charge is 0.487 e. The SMILES string of the molecule is Cc1cc(Br)c(OCc2ccc(C(=O)N/N=C/c3ccc([N+](=O)[O-])o3)cc2)c(Br)c1. The first-order valence-corrected chi connectivity index (χ1v) is 10.2. The molecule has 0 saturated carbocycles. The Morgan fingerprint density at radius 2 is 1.87 bits per heavy atom. The quantitative estimate of drug-likeness (QED) is 0.248. The van der Waals surface area contributed by atoms with Crippen LogP contribution in [0.4, 0.5) is 5.88 Å². The van der Waals surface area contributed by atoms with Crippen molar-refractivity contribution in [2.45, 2.75) is 13.5 Å². The Morgan fingerprint density at radius 3 is 2.47 bits per heavy atom. The summed E-state index contributed by atoms with van der Waals surface area (Å²) in [5.41, 5.74) is 4.73. The monoisotopic (exact) mass is 535 g/mol. The van der Waals surface area contributed by atoms with Gasteiger partial charge < -0.3 is 9.15 Å². The summed E-state index contributed by atoms with van der Waals surface area (Å²) in [4.78, 5) is 22.1. The molecule has 8 nitrogen and oxygen atoms in total. The Balaban J connectivity index is 1.56. The molecule has 30 heavy (non-hydrogen) atoms. The highest BCUT2D eigenvalue weighted by atomic mass is 79.9. The number of carbonyl (C=O) groups is 1. The second-order valence-corrected chi connectivity index (χ2v) is 7.88. The van der Waals surface area contributed by atoms with Gasteiger partial charge in [0.15, 0.2) is 5.76 Å². The summed E-state index contributed by atoms with van der Waals surface area (Å²) in [5, 5.41) is 14.3. The number of nitrogens with one attached hydrogen (secondary N) is 1. The number of furan rings is 1. The first-order chi connectivity index (χ1) is 14.3. The van der Waals surface area contributed by atoms with Crippen LogP contribution in [0.3, 0.4) is 0 Å². The molecule has 0 spiro atoms. The zero-order valence-corrected chi connectivity index (χ0v) is 18.8. The van der Waals surface area contributed by atoms with Gasteiger partial charge in [-0.2, -0.15) is 5.10 Å². The number of benzene rings is 2. The van der Waals surface area contributed by atoms with Crippen molar-refractivity contribution in [1.29, 1.82) is 0 Å². The van der Waals surface area contributed by atoms with Crippen LogP contribution < -0.4 is 10.2 Å². The third kappa shape index (κ3) is 5.55. The minimum atomic E-state index is -0.655. The molecule has 0 atom stereocenters. The molecule has 2 aromatic carbocycles. The standard InChI is InChI=1S/C20H15Br2N3O5/c1-12-8-16(21)19(17(22)9-12)29-11-13-2-4-14(5-3-13)20(26)24-23-10-15-6-7-18(30-15)25(27)28/h2-10H,11H2,1H3,(H,24,26)/b23-10+. The van der Waals surface area contributed by atoms with Gasteiger partial charge in [-0.15, -0.1) is 0 Å². The molecule has 1 heterocycles. The van der Waals surface area contributed by atoms with E-state index in [1.807, 2.05) is 19.1 Å². The Hall–Kier alpha value is -2.98. The number of hydrazone groups is 1. The number of hydrogen-bond donors (Lipinski definition) is 1. The van der Waals surface area contributed by atoms with Gasteiger partial charge in [0.25, 0.3) is 5.91 Å². The van der Waals surface area contributed by atoms with Crippen molar-refractivity contribution in [3.05, 3.63) is 90.0 Å². The molecular formula is C20H15Br2N3O5. The summed E-state index contributed by atoms with van der Waals surface area (Å²) in [6.07, 6.45) is 1.18. The molecular weight excluding hydrogens is 522 g/mol. The summed E-state index contributed by atoms with van der Waals surface area (Å²) >= 11 is 6.98. The molecule has 0 unspecified atom stereocenters. The molecule has 0 fully saturated rings. The second kappa shape index (κ2) is 9.68. The Morgan fingerprint density at radius 1 is 1.20 bits per heavy atom. The maximum Gasteiger partial charge on any atom is 0.433 e. The lowest BCUT2D eigenvalue weighted by atomic mass is 10.1. The van der Waals surface area contributed by atoms with Crippen molar-refractivity contribution in [1.82, 2.24) is 5.43 Å². The number of carbonyl (C=O) groups excluding carboxylic acids is 1. The van der Waals surface area contributed by atoms with Gasteiger partial charge in [-0.3, -0.25) is 14.9 Å². The molecule has 1 amide bonds. The van der Waals surface area contributed by atoms with E-state index in [2.05, 4.69) is 42.4 Å². The van der Waals surface area contributed by atoms with E-state index in [-0.39, 0.29) is 5.76 Å². The number of aryl methyl sites for hydroxylation is 1. The minimum absolute atomic E-state index is 0.155. The lowest BCUT2D eigenvalue weighted by Crippen LogP contribution is -2.17. The van der Waals surface area contributed by atoms with Crippen molar-refractivity contribution in [3.8, 4) is 5.75 Å². The van der Waals surface area contributed by atoms with E-state index in [4.69, 9.17) is 9.15 Å². The van der Waals surface area contributed by atoms with Gasteiger partial charge in [0.2, 0.25) is 0 Å². The Kier molecular flexibility index (Phi) is 7.01. The van der Waals surface area contributed by atoms with Crippen LogP contribution in [0.2, 0.25) is 0 Å². The van der Waals surface area contributed by atoms with E-state index in [0.717, 1.165) is 20.1 Å². The lowest BCUT2D eigenvalue weighted by Gasteiger charge is -2.11. The molecule has 1 aromatic heterocycles. The molecule has 1 N–H and O–H groups in total.